The molecule has 0 spiro atoms. The van der Waals surface area contributed by atoms with E-state index in [1.54, 1.807) is 18.2 Å². The fraction of sp³-hybridized carbons (Fsp3) is 0.600. The molecule has 2 rings (SSSR count). The van der Waals surface area contributed by atoms with Crippen molar-refractivity contribution in [3.8, 4) is 11.5 Å². The lowest BCUT2D eigenvalue weighted by Crippen LogP contribution is -2.30. The van der Waals surface area contributed by atoms with Gasteiger partial charge in [-0.2, -0.15) is 0 Å². The number of alkyl halides is 2. The molecule has 1 aromatic rings. The van der Waals surface area contributed by atoms with Crippen LogP contribution in [0.25, 0.3) is 0 Å². The van der Waals surface area contributed by atoms with E-state index < -0.39 is 19.1 Å². The molecule has 1 fully saturated rings. The predicted octanol–water partition coefficient (Wildman–Crippen LogP) is 3.64. The van der Waals surface area contributed by atoms with Gasteiger partial charge in [-0.25, -0.2) is 8.78 Å². The van der Waals surface area contributed by atoms with Crippen molar-refractivity contribution in [2.24, 2.45) is 0 Å². The lowest BCUT2D eigenvalue weighted by molar-refractivity contribution is -0.530. The maximum Gasteiger partial charge on any atom is 0.272 e. The highest BCUT2D eigenvalue weighted by Gasteiger charge is 2.35. The number of benzene rings is 1. The van der Waals surface area contributed by atoms with Crippen LogP contribution in [0.2, 0.25) is 0 Å². The van der Waals surface area contributed by atoms with Crippen LogP contribution in [-0.4, -0.2) is 31.1 Å². The van der Waals surface area contributed by atoms with Gasteiger partial charge < -0.3 is 9.47 Å². The summed E-state index contributed by atoms with van der Waals surface area (Å²) in [6.07, 6.45) is 0.430. The molecule has 0 bridgehead atoms. The number of hydrogen-bond acceptors (Lipinski definition) is 4. The van der Waals surface area contributed by atoms with Crippen molar-refractivity contribution < 1.29 is 23.2 Å². The second-order valence-electron chi connectivity index (χ2n) is 5.36. The molecule has 22 heavy (non-hydrogen) atoms. The maximum atomic E-state index is 12.3. The Morgan fingerprint density at radius 2 is 2.05 bits per heavy atom. The van der Waals surface area contributed by atoms with Crippen molar-refractivity contribution in [3.05, 3.63) is 33.9 Å². The molecule has 1 aromatic carbocycles. The zero-order valence-electron chi connectivity index (χ0n) is 12.3. The van der Waals surface area contributed by atoms with Crippen LogP contribution in [-0.2, 0) is 0 Å². The first-order chi connectivity index (χ1) is 10.5. The number of halogens is 2. The monoisotopic (exact) mass is 315 g/mol. The molecule has 7 heteroatoms. The largest absolute Gasteiger partial charge is 0.493 e. The summed E-state index contributed by atoms with van der Waals surface area (Å²) >= 11 is 0. The average molecular weight is 315 g/mol. The highest BCUT2D eigenvalue weighted by Crippen LogP contribution is 2.38. The molecular formula is C15H19F2NO4. The van der Waals surface area contributed by atoms with Crippen LogP contribution in [0.5, 0.6) is 11.5 Å². The van der Waals surface area contributed by atoms with Gasteiger partial charge in [0.25, 0.3) is 6.43 Å². The van der Waals surface area contributed by atoms with Crippen molar-refractivity contribution in [2.45, 2.75) is 44.1 Å². The fourth-order valence-corrected chi connectivity index (χ4v) is 2.94. The van der Waals surface area contributed by atoms with Gasteiger partial charge in [0.2, 0.25) is 6.04 Å². The highest BCUT2D eigenvalue weighted by molar-refractivity contribution is 5.44. The molecule has 1 aliphatic rings. The van der Waals surface area contributed by atoms with Gasteiger partial charge in [-0.3, -0.25) is 10.1 Å². The van der Waals surface area contributed by atoms with E-state index in [0.717, 1.165) is 18.4 Å². The SMILES string of the molecule is COc1ccc(C2CCCCC2[N+](=O)[O-])cc1OCC(F)F. The summed E-state index contributed by atoms with van der Waals surface area (Å²) in [6.45, 7) is -0.733. The van der Waals surface area contributed by atoms with E-state index in [2.05, 4.69) is 0 Å². The second kappa shape index (κ2) is 7.38. The Morgan fingerprint density at radius 3 is 2.68 bits per heavy atom. The van der Waals surface area contributed by atoms with E-state index in [0.29, 0.717) is 18.6 Å². The van der Waals surface area contributed by atoms with Crippen molar-refractivity contribution in [1.82, 2.24) is 0 Å². The molecule has 1 saturated carbocycles. The molecule has 2 unspecified atom stereocenters. The number of rotatable bonds is 6. The third-order valence-corrected chi connectivity index (χ3v) is 3.98. The average Bonchev–Trinajstić information content (AvgIpc) is 2.52. The van der Waals surface area contributed by atoms with E-state index >= 15 is 0 Å². The zero-order chi connectivity index (χ0) is 16.1. The van der Waals surface area contributed by atoms with Crippen LogP contribution < -0.4 is 9.47 Å². The van der Waals surface area contributed by atoms with Crippen LogP contribution in [0.4, 0.5) is 8.78 Å². The molecule has 0 heterocycles. The molecule has 0 amide bonds. The summed E-state index contributed by atoms with van der Waals surface area (Å²) in [6, 6.07) is 4.32. The summed E-state index contributed by atoms with van der Waals surface area (Å²) in [5, 5.41) is 11.2. The van der Waals surface area contributed by atoms with Crippen LogP contribution in [0, 0.1) is 10.1 Å². The molecule has 0 N–H and O–H groups in total. The van der Waals surface area contributed by atoms with E-state index in [1.807, 2.05) is 0 Å². The lowest BCUT2D eigenvalue weighted by atomic mass is 9.80. The van der Waals surface area contributed by atoms with Crippen molar-refractivity contribution >= 4 is 0 Å². The Balaban J connectivity index is 2.26. The summed E-state index contributed by atoms with van der Waals surface area (Å²) in [5.41, 5.74) is 0.742. The smallest absolute Gasteiger partial charge is 0.272 e. The summed E-state index contributed by atoms with van der Waals surface area (Å²) < 4.78 is 34.8. The number of hydrogen-bond donors (Lipinski definition) is 0. The fourth-order valence-electron chi connectivity index (χ4n) is 2.94. The molecule has 2 atom stereocenters. The number of nitrogens with zero attached hydrogens (tertiary/aromatic N) is 1. The van der Waals surface area contributed by atoms with Crippen LogP contribution >= 0.6 is 0 Å². The van der Waals surface area contributed by atoms with Crippen LogP contribution in [0.1, 0.15) is 37.2 Å². The predicted molar refractivity (Wildman–Crippen MR) is 76.5 cm³/mol. The summed E-state index contributed by atoms with van der Waals surface area (Å²) in [5.74, 6) is 0.328. The first-order valence-corrected chi connectivity index (χ1v) is 7.25. The first kappa shape index (κ1) is 16.5. The van der Waals surface area contributed by atoms with E-state index in [4.69, 9.17) is 9.47 Å². The minimum Gasteiger partial charge on any atom is -0.493 e. The van der Waals surface area contributed by atoms with Crippen LogP contribution in [0.15, 0.2) is 18.2 Å². The Hall–Kier alpha value is -1.92. The molecule has 0 aliphatic heterocycles. The quantitative estimate of drug-likeness (QED) is 0.594. The van der Waals surface area contributed by atoms with Crippen molar-refractivity contribution in [1.29, 1.82) is 0 Å². The number of methoxy groups -OCH3 is 1. The Morgan fingerprint density at radius 1 is 1.32 bits per heavy atom. The van der Waals surface area contributed by atoms with Gasteiger partial charge in [0, 0.05) is 11.3 Å². The maximum absolute atomic E-state index is 12.3. The van der Waals surface area contributed by atoms with Gasteiger partial charge in [0.1, 0.15) is 6.61 Å². The molecule has 0 saturated heterocycles. The molecule has 0 aromatic heterocycles. The van der Waals surface area contributed by atoms with Gasteiger partial charge in [-0.1, -0.05) is 12.5 Å². The topological polar surface area (TPSA) is 61.6 Å². The van der Waals surface area contributed by atoms with Crippen molar-refractivity contribution in [2.75, 3.05) is 13.7 Å². The molecular weight excluding hydrogens is 296 g/mol. The van der Waals surface area contributed by atoms with Gasteiger partial charge in [-0.05, 0) is 30.5 Å². The third-order valence-electron chi connectivity index (χ3n) is 3.98. The molecule has 5 nitrogen and oxygen atoms in total. The second-order valence-corrected chi connectivity index (χ2v) is 5.36. The minimum absolute atomic E-state index is 0.202. The highest BCUT2D eigenvalue weighted by atomic mass is 19.3. The van der Waals surface area contributed by atoms with Crippen molar-refractivity contribution in [3.63, 3.8) is 0 Å². The Bertz CT molecular complexity index is 524. The Labute approximate surface area is 127 Å². The number of ether oxygens (including phenoxy) is 2. The molecule has 1 aliphatic carbocycles. The lowest BCUT2D eigenvalue weighted by Gasteiger charge is -2.26. The first-order valence-electron chi connectivity index (χ1n) is 7.25. The van der Waals surface area contributed by atoms with Crippen LogP contribution in [0.3, 0.4) is 0 Å². The van der Waals surface area contributed by atoms with E-state index in [9.17, 15) is 18.9 Å². The number of nitro groups is 1. The summed E-state index contributed by atoms with van der Waals surface area (Å²) in [4.78, 5) is 11.0. The van der Waals surface area contributed by atoms with E-state index in [1.165, 1.54) is 7.11 Å². The van der Waals surface area contributed by atoms with Gasteiger partial charge in [0.15, 0.2) is 11.5 Å². The van der Waals surface area contributed by atoms with Gasteiger partial charge in [0.05, 0.1) is 13.0 Å². The standard InChI is InChI=1S/C15H19F2NO4/c1-21-13-7-6-10(8-14(13)22-9-15(16)17)11-4-2-3-5-12(11)18(19)20/h6-8,11-12,15H,2-5,9H2,1H3. The minimum atomic E-state index is -2.59. The van der Waals surface area contributed by atoms with E-state index in [-0.39, 0.29) is 16.6 Å². The third kappa shape index (κ3) is 3.84. The molecule has 122 valence electrons. The van der Waals surface area contributed by atoms with Gasteiger partial charge in [-0.15, -0.1) is 0 Å². The summed E-state index contributed by atoms with van der Waals surface area (Å²) in [7, 11) is 1.42. The molecule has 0 radical (unpaired) electrons. The normalized spacial score (nSPS) is 21.6. The van der Waals surface area contributed by atoms with Gasteiger partial charge >= 0.3 is 0 Å². The Kier molecular flexibility index (Phi) is 5.51. The zero-order valence-corrected chi connectivity index (χ0v) is 12.3.